The summed E-state index contributed by atoms with van der Waals surface area (Å²) in [5.41, 5.74) is 0. The van der Waals surface area contributed by atoms with Crippen LogP contribution in [0.15, 0.2) is 6.33 Å². The number of nitrogens with zero attached hydrogens (tertiary/aromatic N) is 3. The number of hydrogen-bond donors (Lipinski definition) is 1. The summed E-state index contributed by atoms with van der Waals surface area (Å²) in [7, 11) is 0. The Morgan fingerprint density at radius 2 is 2.33 bits per heavy atom. The van der Waals surface area contributed by atoms with E-state index in [1.807, 2.05) is 16.4 Å². The third-order valence-electron chi connectivity index (χ3n) is 2.06. The molecule has 1 N–H and O–H groups in total. The summed E-state index contributed by atoms with van der Waals surface area (Å²) in [6.07, 6.45) is 2.79. The molecule has 0 aromatic carbocycles. The van der Waals surface area contributed by atoms with Crippen molar-refractivity contribution in [2.45, 2.75) is 33.4 Å². The maximum atomic E-state index is 4.25. The van der Waals surface area contributed by atoms with Crippen LogP contribution < -0.4 is 5.32 Å². The third kappa shape index (κ3) is 4.66. The van der Waals surface area contributed by atoms with Crippen molar-refractivity contribution in [1.29, 1.82) is 0 Å². The van der Waals surface area contributed by atoms with Gasteiger partial charge in [-0.3, -0.25) is 0 Å². The van der Waals surface area contributed by atoms with Gasteiger partial charge in [0.05, 0.1) is 13.1 Å². The predicted molar refractivity (Wildman–Crippen MR) is 65.0 cm³/mol. The van der Waals surface area contributed by atoms with Crippen molar-refractivity contribution in [2.75, 3.05) is 18.1 Å². The average Bonchev–Trinajstić information content (AvgIpc) is 2.67. The first kappa shape index (κ1) is 12.5. The lowest BCUT2D eigenvalue weighted by molar-refractivity contribution is 0.573. The van der Waals surface area contributed by atoms with E-state index in [4.69, 9.17) is 0 Å². The molecule has 1 aromatic heterocycles. The molecule has 15 heavy (non-hydrogen) atoms. The van der Waals surface area contributed by atoms with Gasteiger partial charge in [-0.05, 0) is 18.7 Å². The van der Waals surface area contributed by atoms with Gasteiger partial charge in [0.25, 0.3) is 0 Å². The minimum absolute atomic E-state index is 0.824. The molecule has 0 unspecified atom stereocenters. The van der Waals surface area contributed by atoms with Gasteiger partial charge in [0.2, 0.25) is 0 Å². The molecule has 5 heteroatoms. The molecule has 0 amide bonds. The number of nitrogens with one attached hydrogen (secondary N) is 1. The fourth-order valence-corrected chi connectivity index (χ4v) is 1.87. The number of hydrogen-bond acceptors (Lipinski definition) is 4. The molecule has 0 spiro atoms. The van der Waals surface area contributed by atoms with Crippen LogP contribution in [0.4, 0.5) is 0 Å². The van der Waals surface area contributed by atoms with Crippen LogP contribution in [0.1, 0.15) is 26.1 Å². The third-order valence-corrected chi connectivity index (χ3v) is 2.94. The monoisotopic (exact) mass is 228 g/mol. The zero-order valence-corrected chi connectivity index (χ0v) is 10.4. The molecule has 4 nitrogen and oxygen atoms in total. The molecule has 1 heterocycles. The van der Waals surface area contributed by atoms with Gasteiger partial charge in [-0.25, -0.2) is 9.67 Å². The van der Waals surface area contributed by atoms with Gasteiger partial charge >= 0.3 is 0 Å². The standard InChI is InChI=1S/C10H20N4S/c1-3-5-11-8-10-12-9-13-14(10)6-7-15-4-2/h9,11H,3-8H2,1-2H3. The summed E-state index contributed by atoms with van der Waals surface area (Å²) < 4.78 is 1.99. The fraction of sp³-hybridized carbons (Fsp3) is 0.800. The van der Waals surface area contributed by atoms with Crippen molar-refractivity contribution < 1.29 is 0 Å². The predicted octanol–water partition coefficient (Wildman–Crippen LogP) is 1.53. The van der Waals surface area contributed by atoms with E-state index in [1.54, 1.807) is 6.33 Å². The highest BCUT2D eigenvalue weighted by molar-refractivity contribution is 7.99. The first-order valence-electron chi connectivity index (χ1n) is 5.53. The van der Waals surface area contributed by atoms with Crippen LogP contribution in [0.25, 0.3) is 0 Å². The molecule has 0 aliphatic heterocycles. The van der Waals surface area contributed by atoms with Crippen molar-refractivity contribution in [3.63, 3.8) is 0 Å². The zero-order chi connectivity index (χ0) is 10.9. The lowest BCUT2D eigenvalue weighted by atomic mass is 10.4. The molecule has 0 saturated heterocycles. The Kier molecular flexibility index (Phi) is 6.43. The molecule has 1 rings (SSSR count). The Morgan fingerprint density at radius 3 is 3.07 bits per heavy atom. The first-order chi connectivity index (χ1) is 7.38. The average molecular weight is 228 g/mol. The number of aromatic nitrogens is 3. The molecule has 1 aromatic rings. The van der Waals surface area contributed by atoms with Gasteiger partial charge < -0.3 is 5.32 Å². The minimum atomic E-state index is 0.824. The van der Waals surface area contributed by atoms with E-state index in [0.29, 0.717) is 0 Å². The maximum Gasteiger partial charge on any atom is 0.140 e. The second kappa shape index (κ2) is 7.70. The van der Waals surface area contributed by atoms with Crippen LogP contribution in [0.2, 0.25) is 0 Å². The molecule has 0 fully saturated rings. The van der Waals surface area contributed by atoms with Gasteiger partial charge in [-0.1, -0.05) is 13.8 Å². The highest BCUT2D eigenvalue weighted by atomic mass is 32.2. The van der Waals surface area contributed by atoms with E-state index in [2.05, 4.69) is 29.2 Å². The zero-order valence-electron chi connectivity index (χ0n) is 9.57. The topological polar surface area (TPSA) is 42.7 Å². The number of thioether (sulfide) groups is 1. The Balaban J connectivity index is 2.32. The first-order valence-corrected chi connectivity index (χ1v) is 6.69. The second-order valence-electron chi connectivity index (χ2n) is 3.27. The Morgan fingerprint density at radius 1 is 1.47 bits per heavy atom. The summed E-state index contributed by atoms with van der Waals surface area (Å²) in [5.74, 6) is 3.32. The van der Waals surface area contributed by atoms with Gasteiger partial charge in [-0.2, -0.15) is 16.9 Å². The number of aryl methyl sites for hydroxylation is 1. The van der Waals surface area contributed by atoms with E-state index >= 15 is 0 Å². The smallest absolute Gasteiger partial charge is 0.140 e. The Hall–Kier alpha value is -0.550. The summed E-state index contributed by atoms with van der Waals surface area (Å²) >= 11 is 1.93. The lowest BCUT2D eigenvalue weighted by Crippen LogP contribution is -2.18. The van der Waals surface area contributed by atoms with Crippen molar-refractivity contribution in [1.82, 2.24) is 20.1 Å². The molecule has 0 radical (unpaired) electrons. The second-order valence-corrected chi connectivity index (χ2v) is 4.67. The van der Waals surface area contributed by atoms with Crippen molar-refractivity contribution in [3.05, 3.63) is 12.2 Å². The van der Waals surface area contributed by atoms with Crippen LogP contribution in [0, 0.1) is 0 Å². The molecule has 0 saturated carbocycles. The van der Waals surface area contributed by atoms with E-state index in [1.165, 1.54) is 0 Å². The van der Waals surface area contributed by atoms with Crippen LogP contribution in [0.5, 0.6) is 0 Å². The van der Waals surface area contributed by atoms with Gasteiger partial charge in [0, 0.05) is 5.75 Å². The van der Waals surface area contributed by atoms with Crippen molar-refractivity contribution in [3.8, 4) is 0 Å². The molecule has 0 aliphatic carbocycles. The quantitative estimate of drug-likeness (QED) is 0.685. The van der Waals surface area contributed by atoms with Gasteiger partial charge in [0.15, 0.2) is 0 Å². The van der Waals surface area contributed by atoms with Gasteiger partial charge in [0.1, 0.15) is 12.2 Å². The summed E-state index contributed by atoms with van der Waals surface area (Å²) in [5, 5.41) is 7.56. The maximum absolute atomic E-state index is 4.25. The summed E-state index contributed by atoms with van der Waals surface area (Å²) in [4.78, 5) is 4.25. The molecule has 0 aliphatic rings. The largest absolute Gasteiger partial charge is 0.310 e. The highest BCUT2D eigenvalue weighted by Gasteiger charge is 2.02. The highest BCUT2D eigenvalue weighted by Crippen LogP contribution is 2.01. The van der Waals surface area contributed by atoms with E-state index < -0.39 is 0 Å². The van der Waals surface area contributed by atoms with Gasteiger partial charge in [-0.15, -0.1) is 0 Å². The Labute approximate surface area is 95.9 Å². The summed E-state index contributed by atoms with van der Waals surface area (Å²) in [6.45, 7) is 7.16. The Bertz CT molecular complexity index is 237. The minimum Gasteiger partial charge on any atom is -0.310 e. The summed E-state index contributed by atoms with van der Waals surface area (Å²) in [6, 6.07) is 0. The van der Waals surface area contributed by atoms with Crippen LogP contribution in [0.3, 0.4) is 0 Å². The van der Waals surface area contributed by atoms with Crippen LogP contribution in [-0.4, -0.2) is 32.8 Å². The van der Waals surface area contributed by atoms with Crippen molar-refractivity contribution in [2.24, 2.45) is 0 Å². The van der Waals surface area contributed by atoms with E-state index in [9.17, 15) is 0 Å². The molecule has 0 atom stereocenters. The SMILES string of the molecule is CCCNCc1ncnn1CCSCC. The molecule has 0 bridgehead atoms. The van der Waals surface area contributed by atoms with Crippen LogP contribution in [-0.2, 0) is 13.1 Å². The normalized spacial score (nSPS) is 10.8. The molecular formula is C10H20N4S. The molecular weight excluding hydrogens is 208 g/mol. The fourth-order valence-electron chi connectivity index (χ4n) is 1.28. The lowest BCUT2D eigenvalue weighted by Gasteiger charge is -2.06. The van der Waals surface area contributed by atoms with E-state index in [-0.39, 0.29) is 0 Å². The van der Waals surface area contributed by atoms with Crippen LogP contribution >= 0.6 is 11.8 Å². The number of rotatable bonds is 8. The van der Waals surface area contributed by atoms with E-state index in [0.717, 1.165) is 43.4 Å². The van der Waals surface area contributed by atoms with Crippen molar-refractivity contribution >= 4 is 11.8 Å². The molecule has 86 valence electrons.